The molecule has 2 N–H and O–H groups in total. The van der Waals surface area contributed by atoms with Crippen LogP contribution in [0.15, 0.2) is 42.5 Å². The Labute approximate surface area is 159 Å². The zero-order valence-corrected chi connectivity index (χ0v) is 16.2. The summed E-state index contributed by atoms with van der Waals surface area (Å²) in [5.74, 6) is 0.0933. The summed E-state index contributed by atoms with van der Waals surface area (Å²) >= 11 is 0. The lowest BCUT2D eigenvalue weighted by Crippen LogP contribution is -2.48. The fourth-order valence-corrected chi connectivity index (χ4v) is 3.75. The van der Waals surface area contributed by atoms with E-state index in [0.717, 1.165) is 17.5 Å². The van der Waals surface area contributed by atoms with Gasteiger partial charge in [0.25, 0.3) is 5.91 Å². The summed E-state index contributed by atoms with van der Waals surface area (Å²) in [7, 11) is -3.41. The number of phenolic OH excluding ortho intramolecular Hbond substituents is 1. The van der Waals surface area contributed by atoms with Gasteiger partial charge in [-0.05, 0) is 36.8 Å². The van der Waals surface area contributed by atoms with Crippen molar-refractivity contribution in [3.05, 3.63) is 53.6 Å². The number of nitrogens with one attached hydrogen (secondary N) is 1. The number of carbonyl (C=O) groups excluding carboxylic acids is 1. The molecule has 0 aromatic heterocycles. The Hall–Kier alpha value is -2.74. The van der Waals surface area contributed by atoms with E-state index in [1.165, 1.54) is 0 Å². The topological polar surface area (TPSA) is 89.9 Å². The van der Waals surface area contributed by atoms with Gasteiger partial charge >= 0.3 is 0 Å². The van der Waals surface area contributed by atoms with E-state index >= 15 is 0 Å². The molecule has 0 radical (unpaired) electrons. The van der Waals surface area contributed by atoms with Gasteiger partial charge in [-0.3, -0.25) is 9.52 Å². The number of aromatic hydroxyl groups is 1. The highest BCUT2D eigenvalue weighted by molar-refractivity contribution is 7.92. The number of piperazine rings is 1. The quantitative estimate of drug-likeness (QED) is 0.835. The number of aryl methyl sites for hydroxylation is 1. The Morgan fingerprint density at radius 2 is 1.74 bits per heavy atom. The molecule has 1 heterocycles. The van der Waals surface area contributed by atoms with Gasteiger partial charge in [-0.2, -0.15) is 0 Å². The molecule has 0 bridgehead atoms. The highest BCUT2D eigenvalue weighted by Gasteiger charge is 2.24. The second-order valence-corrected chi connectivity index (χ2v) is 8.42. The van der Waals surface area contributed by atoms with Gasteiger partial charge < -0.3 is 14.9 Å². The first kappa shape index (κ1) is 19.0. The van der Waals surface area contributed by atoms with E-state index in [-0.39, 0.29) is 11.7 Å². The molecule has 2 aromatic rings. The first-order chi connectivity index (χ1) is 12.7. The van der Waals surface area contributed by atoms with Crippen LogP contribution < -0.4 is 9.62 Å². The second kappa shape index (κ2) is 7.48. The number of hydrogen-bond donors (Lipinski definition) is 2. The lowest BCUT2D eigenvalue weighted by atomic mass is 10.1. The summed E-state index contributed by atoms with van der Waals surface area (Å²) in [5, 5.41) is 9.99. The van der Waals surface area contributed by atoms with Crippen LogP contribution in [0.3, 0.4) is 0 Å². The van der Waals surface area contributed by atoms with Crippen LogP contribution in [0, 0.1) is 6.92 Å². The summed E-state index contributed by atoms with van der Waals surface area (Å²) in [5.41, 5.74) is 2.37. The van der Waals surface area contributed by atoms with E-state index in [0.29, 0.717) is 37.4 Å². The van der Waals surface area contributed by atoms with Crippen molar-refractivity contribution in [1.29, 1.82) is 0 Å². The number of sulfonamides is 1. The minimum absolute atomic E-state index is 0.136. The molecule has 144 valence electrons. The van der Waals surface area contributed by atoms with Crippen LogP contribution in [-0.2, 0) is 10.0 Å². The van der Waals surface area contributed by atoms with Gasteiger partial charge in [-0.15, -0.1) is 0 Å². The molecule has 0 aliphatic carbocycles. The van der Waals surface area contributed by atoms with Gasteiger partial charge in [0, 0.05) is 31.7 Å². The monoisotopic (exact) mass is 389 g/mol. The molecule has 0 spiro atoms. The van der Waals surface area contributed by atoms with Gasteiger partial charge in [0.1, 0.15) is 5.75 Å². The number of anilines is 2. The van der Waals surface area contributed by atoms with Gasteiger partial charge in [-0.1, -0.05) is 18.2 Å². The van der Waals surface area contributed by atoms with Crippen LogP contribution >= 0.6 is 0 Å². The molecule has 1 aliphatic heterocycles. The van der Waals surface area contributed by atoms with Crippen molar-refractivity contribution < 1.29 is 18.3 Å². The van der Waals surface area contributed by atoms with Gasteiger partial charge in [0.05, 0.1) is 17.6 Å². The molecule has 0 atom stereocenters. The van der Waals surface area contributed by atoms with Crippen molar-refractivity contribution in [3.8, 4) is 5.75 Å². The first-order valence-electron chi connectivity index (χ1n) is 8.65. The Kier molecular flexibility index (Phi) is 5.27. The summed E-state index contributed by atoms with van der Waals surface area (Å²) in [6.07, 6.45) is 1.08. The maximum absolute atomic E-state index is 12.8. The van der Waals surface area contributed by atoms with Crippen LogP contribution in [0.2, 0.25) is 0 Å². The molecule has 1 amide bonds. The lowest BCUT2D eigenvalue weighted by Gasteiger charge is -2.36. The van der Waals surface area contributed by atoms with E-state index in [4.69, 9.17) is 0 Å². The summed E-state index contributed by atoms with van der Waals surface area (Å²) in [4.78, 5) is 16.6. The highest BCUT2D eigenvalue weighted by atomic mass is 32.2. The third-order valence-corrected chi connectivity index (χ3v) is 5.16. The van der Waals surface area contributed by atoms with E-state index in [1.807, 2.05) is 17.0 Å². The Balaban J connectivity index is 1.71. The SMILES string of the molecule is Cc1ccc(C(=O)N2CCN(c3ccccc3O)CC2)cc1NS(C)(=O)=O. The van der Waals surface area contributed by atoms with Crippen molar-refractivity contribution in [2.45, 2.75) is 6.92 Å². The lowest BCUT2D eigenvalue weighted by molar-refractivity contribution is 0.0747. The molecule has 7 nitrogen and oxygen atoms in total. The van der Waals surface area contributed by atoms with Crippen LogP contribution in [-0.4, -0.2) is 56.8 Å². The average Bonchev–Trinajstić information content (AvgIpc) is 2.62. The molecule has 3 rings (SSSR count). The van der Waals surface area contributed by atoms with Crippen molar-refractivity contribution in [2.24, 2.45) is 0 Å². The zero-order chi connectivity index (χ0) is 19.6. The van der Waals surface area contributed by atoms with Gasteiger partial charge in [0.2, 0.25) is 10.0 Å². The summed E-state index contributed by atoms with van der Waals surface area (Å²) in [6, 6.07) is 12.2. The van der Waals surface area contributed by atoms with Crippen LogP contribution in [0.25, 0.3) is 0 Å². The maximum atomic E-state index is 12.8. The molecule has 1 fully saturated rings. The molecular weight excluding hydrogens is 366 g/mol. The fraction of sp³-hybridized carbons (Fsp3) is 0.316. The Morgan fingerprint density at radius 1 is 1.07 bits per heavy atom. The van der Waals surface area contributed by atoms with Crippen molar-refractivity contribution in [2.75, 3.05) is 42.1 Å². The van der Waals surface area contributed by atoms with Crippen molar-refractivity contribution >= 4 is 27.3 Å². The number of hydrogen-bond acceptors (Lipinski definition) is 5. The number of phenols is 1. The molecular formula is C19H23N3O4S. The number of nitrogens with zero attached hydrogens (tertiary/aromatic N) is 2. The summed E-state index contributed by atoms with van der Waals surface area (Å²) in [6.45, 7) is 4.06. The van der Waals surface area contributed by atoms with Crippen molar-refractivity contribution in [1.82, 2.24) is 4.90 Å². The predicted molar refractivity (Wildman–Crippen MR) is 106 cm³/mol. The largest absolute Gasteiger partial charge is 0.506 e. The van der Waals surface area contributed by atoms with Crippen LogP contribution in [0.5, 0.6) is 5.75 Å². The Bertz CT molecular complexity index is 951. The number of rotatable bonds is 4. The first-order valence-corrected chi connectivity index (χ1v) is 10.5. The standard InChI is InChI=1S/C19H23N3O4S/c1-14-7-8-15(13-16(14)20-27(2,25)26)19(24)22-11-9-21(10-12-22)17-5-3-4-6-18(17)23/h3-8,13,20,23H,9-12H2,1-2H3. The molecule has 1 aliphatic rings. The number of para-hydroxylation sites is 2. The zero-order valence-electron chi connectivity index (χ0n) is 15.3. The number of benzene rings is 2. The molecule has 0 saturated carbocycles. The van der Waals surface area contributed by atoms with Gasteiger partial charge in [-0.25, -0.2) is 8.42 Å². The minimum Gasteiger partial charge on any atom is -0.506 e. The predicted octanol–water partition coefficient (Wildman–Crippen LogP) is 2.03. The minimum atomic E-state index is -3.41. The molecule has 27 heavy (non-hydrogen) atoms. The van der Waals surface area contributed by atoms with E-state index in [9.17, 15) is 18.3 Å². The van der Waals surface area contributed by atoms with Crippen LogP contribution in [0.4, 0.5) is 11.4 Å². The van der Waals surface area contributed by atoms with Gasteiger partial charge in [0.15, 0.2) is 0 Å². The maximum Gasteiger partial charge on any atom is 0.254 e. The molecule has 2 aromatic carbocycles. The average molecular weight is 389 g/mol. The Morgan fingerprint density at radius 3 is 2.37 bits per heavy atom. The number of amides is 1. The highest BCUT2D eigenvalue weighted by Crippen LogP contribution is 2.27. The van der Waals surface area contributed by atoms with E-state index in [2.05, 4.69) is 4.72 Å². The smallest absolute Gasteiger partial charge is 0.254 e. The number of carbonyl (C=O) groups is 1. The molecule has 8 heteroatoms. The third-order valence-electron chi connectivity index (χ3n) is 4.57. The fourth-order valence-electron chi connectivity index (χ4n) is 3.13. The normalized spacial score (nSPS) is 14.9. The summed E-state index contributed by atoms with van der Waals surface area (Å²) < 4.78 is 25.5. The molecule has 0 unspecified atom stereocenters. The van der Waals surface area contributed by atoms with E-state index < -0.39 is 10.0 Å². The van der Waals surface area contributed by atoms with Crippen molar-refractivity contribution in [3.63, 3.8) is 0 Å². The molecule has 1 saturated heterocycles. The van der Waals surface area contributed by atoms with E-state index in [1.54, 1.807) is 42.2 Å². The van der Waals surface area contributed by atoms with Crippen LogP contribution in [0.1, 0.15) is 15.9 Å². The second-order valence-electron chi connectivity index (χ2n) is 6.67. The third kappa shape index (κ3) is 4.51.